The number of nitrogen functional groups attached to an aromatic ring is 1. The minimum atomic E-state index is -0.297. The summed E-state index contributed by atoms with van der Waals surface area (Å²) in [5, 5.41) is 9.89. The fourth-order valence-corrected chi connectivity index (χ4v) is 3.08. The zero-order valence-electron chi connectivity index (χ0n) is 10.7. The monoisotopic (exact) mass is 314 g/mol. The number of hydrogen-bond acceptors (Lipinski definition) is 5. The molecule has 1 saturated heterocycles. The average molecular weight is 315 g/mol. The van der Waals surface area contributed by atoms with Crippen molar-refractivity contribution in [1.29, 1.82) is 0 Å². The van der Waals surface area contributed by atoms with Crippen LogP contribution in [0.25, 0.3) is 0 Å². The van der Waals surface area contributed by atoms with Crippen LogP contribution in [0.2, 0.25) is 0 Å². The van der Waals surface area contributed by atoms with Gasteiger partial charge in [0, 0.05) is 25.3 Å². The third-order valence-electron chi connectivity index (χ3n) is 3.16. The Hall–Kier alpha value is -0.850. The lowest BCUT2D eigenvalue weighted by Crippen LogP contribution is -2.38. The number of likely N-dealkylation sites (N-methyl/N-ethyl adjacent to an activating group) is 1. The van der Waals surface area contributed by atoms with E-state index in [1.165, 1.54) is 0 Å². The van der Waals surface area contributed by atoms with Crippen molar-refractivity contribution in [2.75, 3.05) is 37.8 Å². The van der Waals surface area contributed by atoms with Crippen molar-refractivity contribution in [1.82, 2.24) is 9.88 Å². The minimum absolute atomic E-state index is 0.274. The Kier molecular flexibility index (Phi) is 4.09. The van der Waals surface area contributed by atoms with Crippen LogP contribution in [0, 0.1) is 0 Å². The van der Waals surface area contributed by atoms with Crippen molar-refractivity contribution in [2.24, 2.45) is 0 Å². The van der Waals surface area contributed by atoms with E-state index in [0.29, 0.717) is 12.2 Å². The number of anilines is 2. The fourth-order valence-electron chi connectivity index (χ4n) is 2.51. The second-order valence-electron chi connectivity index (χ2n) is 5.02. The molecule has 0 aromatic carbocycles. The Morgan fingerprint density at radius 2 is 2.28 bits per heavy atom. The summed E-state index contributed by atoms with van der Waals surface area (Å²) < 4.78 is 0.875. The van der Waals surface area contributed by atoms with Gasteiger partial charge in [-0.3, -0.25) is 4.98 Å². The quantitative estimate of drug-likeness (QED) is 0.869. The molecule has 0 radical (unpaired) electrons. The van der Waals surface area contributed by atoms with E-state index in [1.54, 1.807) is 12.4 Å². The van der Waals surface area contributed by atoms with E-state index in [0.717, 1.165) is 23.1 Å². The topological polar surface area (TPSA) is 65.6 Å². The van der Waals surface area contributed by atoms with Crippen LogP contribution in [0.15, 0.2) is 16.9 Å². The first-order chi connectivity index (χ1) is 8.49. The van der Waals surface area contributed by atoms with Gasteiger partial charge in [-0.1, -0.05) is 0 Å². The van der Waals surface area contributed by atoms with E-state index in [9.17, 15) is 5.11 Å². The van der Waals surface area contributed by atoms with Gasteiger partial charge in [0.1, 0.15) is 0 Å². The molecule has 0 aliphatic carbocycles. The van der Waals surface area contributed by atoms with Gasteiger partial charge < -0.3 is 20.6 Å². The van der Waals surface area contributed by atoms with Crippen molar-refractivity contribution in [3.63, 3.8) is 0 Å². The van der Waals surface area contributed by atoms with E-state index in [-0.39, 0.29) is 12.1 Å². The van der Waals surface area contributed by atoms with Gasteiger partial charge in [-0.25, -0.2) is 0 Å². The predicted molar refractivity (Wildman–Crippen MR) is 76.7 cm³/mol. The summed E-state index contributed by atoms with van der Waals surface area (Å²) in [7, 11) is 4.07. The summed E-state index contributed by atoms with van der Waals surface area (Å²) in [6.45, 7) is 1.51. The smallest absolute Gasteiger partial charge is 0.0779 e. The zero-order chi connectivity index (χ0) is 13.3. The maximum atomic E-state index is 9.89. The Morgan fingerprint density at radius 1 is 1.56 bits per heavy atom. The number of aliphatic hydroxyl groups is 1. The standard InChI is InChI=1S/C12H19BrN4O/c1-16(2)6-8-3-9(18)7-17(8)12-10(13)4-15-5-11(12)14/h4-5,8-9,18H,3,6-7,14H2,1-2H3. The van der Waals surface area contributed by atoms with Crippen molar-refractivity contribution >= 4 is 27.3 Å². The molecule has 2 rings (SSSR count). The molecular weight excluding hydrogens is 296 g/mol. The van der Waals surface area contributed by atoms with Crippen LogP contribution in [-0.4, -0.2) is 54.3 Å². The van der Waals surface area contributed by atoms with Crippen LogP contribution < -0.4 is 10.6 Å². The third-order valence-corrected chi connectivity index (χ3v) is 3.74. The fraction of sp³-hybridized carbons (Fsp3) is 0.583. The molecule has 0 amide bonds. The number of rotatable bonds is 3. The summed E-state index contributed by atoms with van der Waals surface area (Å²) in [6.07, 6.45) is 3.86. The van der Waals surface area contributed by atoms with E-state index in [1.807, 2.05) is 14.1 Å². The second kappa shape index (κ2) is 5.42. The summed E-state index contributed by atoms with van der Waals surface area (Å²) in [6, 6.07) is 0.274. The number of aromatic nitrogens is 1. The molecule has 2 atom stereocenters. The molecular formula is C12H19BrN4O. The first kappa shape index (κ1) is 13.6. The highest BCUT2D eigenvalue weighted by atomic mass is 79.9. The van der Waals surface area contributed by atoms with Crippen molar-refractivity contribution in [3.8, 4) is 0 Å². The van der Waals surface area contributed by atoms with Gasteiger partial charge in [0.2, 0.25) is 0 Å². The summed E-state index contributed by atoms with van der Waals surface area (Å²) >= 11 is 3.49. The highest BCUT2D eigenvalue weighted by Crippen LogP contribution is 2.36. The van der Waals surface area contributed by atoms with Crippen LogP contribution in [-0.2, 0) is 0 Å². The predicted octanol–water partition coefficient (Wildman–Crippen LogP) is 0.928. The zero-order valence-corrected chi connectivity index (χ0v) is 12.3. The van der Waals surface area contributed by atoms with Gasteiger partial charge >= 0.3 is 0 Å². The Morgan fingerprint density at radius 3 is 2.89 bits per heavy atom. The molecule has 2 unspecified atom stereocenters. The Labute approximate surface area is 116 Å². The normalized spacial score (nSPS) is 23.9. The molecule has 0 bridgehead atoms. The number of nitrogens with two attached hydrogens (primary N) is 1. The molecule has 3 N–H and O–H groups in total. The van der Waals surface area contributed by atoms with Crippen LogP contribution in [0.1, 0.15) is 6.42 Å². The summed E-state index contributed by atoms with van der Waals surface area (Å²) in [5.74, 6) is 0. The number of hydrogen-bond donors (Lipinski definition) is 2. The van der Waals surface area contributed by atoms with Gasteiger partial charge in [-0.15, -0.1) is 0 Å². The van der Waals surface area contributed by atoms with Gasteiger partial charge in [0.05, 0.1) is 28.1 Å². The first-order valence-corrected chi connectivity index (χ1v) is 6.76. The highest BCUT2D eigenvalue weighted by molar-refractivity contribution is 9.10. The third kappa shape index (κ3) is 2.76. The average Bonchev–Trinajstić information content (AvgIpc) is 2.58. The number of nitrogens with zero attached hydrogens (tertiary/aromatic N) is 3. The molecule has 2 heterocycles. The van der Waals surface area contributed by atoms with Gasteiger partial charge in [0.25, 0.3) is 0 Å². The summed E-state index contributed by atoms with van der Waals surface area (Å²) in [4.78, 5) is 8.35. The molecule has 1 aliphatic rings. The van der Waals surface area contributed by atoms with Crippen LogP contribution in [0.3, 0.4) is 0 Å². The highest BCUT2D eigenvalue weighted by Gasteiger charge is 2.33. The molecule has 6 heteroatoms. The molecule has 1 aliphatic heterocycles. The lowest BCUT2D eigenvalue weighted by molar-refractivity contribution is 0.191. The minimum Gasteiger partial charge on any atom is -0.396 e. The van der Waals surface area contributed by atoms with E-state index < -0.39 is 0 Å². The maximum Gasteiger partial charge on any atom is 0.0779 e. The largest absolute Gasteiger partial charge is 0.396 e. The maximum absolute atomic E-state index is 9.89. The first-order valence-electron chi connectivity index (χ1n) is 5.97. The number of β-amino-alcohol motifs (C(OH)–C–C–N with tert-alkyl or cyclic N) is 1. The van der Waals surface area contributed by atoms with Crippen molar-refractivity contribution < 1.29 is 5.11 Å². The second-order valence-corrected chi connectivity index (χ2v) is 5.87. The number of aliphatic hydroxyl groups excluding tert-OH is 1. The van der Waals surface area contributed by atoms with E-state index in [2.05, 4.69) is 30.7 Å². The van der Waals surface area contributed by atoms with Crippen molar-refractivity contribution in [3.05, 3.63) is 16.9 Å². The molecule has 0 saturated carbocycles. The molecule has 5 nitrogen and oxygen atoms in total. The van der Waals surface area contributed by atoms with Gasteiger partial charge in [-0.05, 0) is 36.4 Å². The molecule has 1 aromatic rings. The van der Waals surface area contributed by atoms with Crippen LogP contribution >= 0.6 is 15.9 Å². The summed E-state index contributed by atoms with van der Waals surface area (Å²) in [5.41, 5.74) is 7.59. The van der Waals surface area contributed by atoms with Gasteiger partial charge in [-0.2, -0.15) is 0 Å². The molecule has 18 heavy (non-hydrogen) atoms. The number of halogens is 1. The van der Waals surface area contributed by atoms with Crippen LogP contribution in [0.4, 0.5) is 11.4 Å². The lowest BCUT2D eigenvalue weighted by Gasteiger charge is -2.30. The van der Waals surface area contributed by atoms with Gasteiger partial charge in [0.15, 0.2) is 0 Å². The Bertz CT molecular complexity index is 406. The SMILES string of the molecule is CN(C)CC1CC(O)CN1c1c(N)cncc1Br. The number of pyridine rings is 1. The lowest BCUT2D eigenvalue weighted by atomic mass is 10.2. The molecule has 0 spiro atoms. The Balaban J connectivity index is 2.30. The van der Waals surface area contributed by atoms with Crippen molar-refractivity contribution in [2.45, 2.75) is 18.6 Å². The van der Waals surface area contributed by atoms with E-state index >= 15 is 0 Å². The van der Waals surface area contributed by atoms with Crippen LogP contribution in [0.5, 0.6) is 0 Å². The molecule has 1 fully saturated rings. The van der Waals surface area contributed by atoms with E-state index in [4.69, 9.17) is 5.73 Å². The molecule has 100 valence electrons. The molecule has 1 aromatic heterocycles.